The molecule has 0 N–H and O–H groups in total. The van der Waals surface area contributed by atoms with Crippen molar-refractivity contribution < 1.29 is 13.2 Å². The van der Waals surface area contributed by atoms with E-state index in [0.717, 1.165) is 26.9 Å². The van der Waals surface area contributed by atoms with Crippen LogP contribution in [0.15, 0.2) is 64.2 Å². The molecule has 1 amide bonds. The number of carbonyl (C=O) groups excluding carboxylic acids is 1. The Morgan fingerprint density at radius 3 is 2.40 bits per heavy atom. The number of piperidine rings is 1. The highest BCUT2D eigenvalue weighted by Crippen LogP contribution is 2.36. The van der Waals surface area contributed by atoms with E-state index in [2.05, 4.69) is 19.1 Å². The first-order chi connectivity index (χ1) is 16.8. The second kappa shape index (κ2) is 9.81. The van der Waals surface area contributed by atoms with E-state index in [-0.39, 0.29) is 11.8 Å². The maximum atomic E-state index is 13.9. The van der Waals surface area contributed by atoms with Gasteiger partial charge in [-0.3, -0.25) is 9.69 Å². The van der Waals surface area contributed by atoms with Crippen molar-refractivity contribution in [1.82, 2.24) is 9.29 Å². The summed E-state index contributed by atoms with van der Waals surface area (Å²) in [7, 11) is -3.50. The van der Waals surface area contributed by atoms with Gasteiger partial charge in [-0.05, 0) is 54.8 Å². The fourth-order valence-corrected chi connectivity index (χ4v) is 8.20. The lowest BCUT2D eigenvalue weighted by Gasteiger charge is -2.32. The van der Waals surface area contributed by atoms with E-state index >= 15 is 0 Å². The SMILES string of the molecule is Cc1ccc(C)c2sc(N(Cc3ccccc3)C(=O)C3CCN(S(=O)(=O)c4cccs4)CC3)nc12. The number of thiophene rings is 1. The molecular formula is C26H27N3O3S3. The molecule has 0 aliphatic carbocycles. The van der Waals surface area contributed by atoms with Crippen LogP contribution in [-0.2, 0) is 21.4 Å². The first-order valence-electron chi connectivity index (χ1n) is 11.6. The van der Waals surface area contributed by atoms with Crippen molar-refractivity contribution in [1.29, 1.82) is 0 Å². The third kappa shape index (κ3) is 4.78. The summed E-state index contributed by atoms with van der Waals surface area (Å²) < 4.78 is 28.8. The molecule has 2 aromatic carbocycles. The zero-order valence-electron chi connectivity index (χ0n) is 19.7. The Labute approximate surface area is 213 Å². The Kier molecular flexibility index (Phi) is 6.76. The number of benzene rings is 2. The lowest BCUT2D eigenvalue weighted by molar-refractivity contribution is -0.123. The average molecular weight is 526 g/mol. The summed E-state index contributed by atoms with van der Waals surface area (Å²) in [6.45, 7) is 5.22. The maximum Gasteiger partial charge on any atom is 0.252 e. The monoisotopic (exact) mass is 525 g/mol. The van der Waals surface area contributed by atoms with E-state index in [1.54, 1.807) is 33.7 Å². The normalized spacial score (nSPS) is 15.5. The summed E-state index contributed by atoms with van der Waals surface area (Å²) in [5.41, 5.74) is 4.21. The summed E-state index contributed by atoms with van der Waals surface area (Å²) in [5.74, 6) is -0.237. The Morgan fingerprint density at radius 2 is 1.74 bits per heavy atom. The van der Waals surface area contributed by atoms with Gasteiger partial charge in [-0.15, -0.1) is 11.3 Å². The van der Waals surface area contributed by atoms with E-state index in [9.17, 15) is 13.2 Å². The van der Waals surface area contributed by atoms with Gasteiger partial charge in [0.2, 0.25) is 5.91 Å². The number of hydrogen-bond acceptors (Lipinski definition) is 6. The minimum atomic E-state index is -3.50. The first-order valence-corrected chi connectivity index (χ1v) is 14.7. The van der Waals surface area contributed by atoms with Crippen LogP contribution in [-0.4, -0.2) is 36.7 Å². The first kappa shape index (κ1) is 24.1. The van der Waals surface area contributed by atoms with Gasteiger partial charge in [-0.2, -0.15) is 4.31 Å². The smallest absolute Gasteiger partial charge is 0.252 e. The molecule has 0 spiro atoms. The average Bonchev–Trinajstić information content (AvgIpc) is 3.57. The van der Waals surface area contributed by atoms with Crippen molar-refractivity contribution in [3.8, 4) is 0 Å². The number of rotatable bonds is 6. The Bertz CT molecular complexity index is 1400. The molecule has 2 aromatic heterocycles. The van der Waals surface area contributed by atoms with Gasteiger partial charge in [0.05, 0.1) is 16.8 Å². The molecule has 1 fully saturated rings. The molecule has 0 bridgehead atoms. The molecule has 0 radical (unpaired) electrons. The highest BCUT2D eigenvalue weighted by atomic mass is 32.2. The molecule has 1 saturated heterocycles. The summed E-state index contributed by atoms with van der Waals surface area (Å²) in [5, 5.41) is 2.46. The van der Waals surface area contributed by atoms with Crippen LogP contribution in [0.25, 0.3) is 10.2 Å². The molecule has 4 aromatic rings. The van der Waals surface area contributed by atoms with Crippen molar-refractivity contribution in [2.45, 2.75) is 37.4 Å². The summed E-state index contributed by atoms with van der Waals surface area (Å²) >= 11 is 2.78. The number of amides is 1. The van der Waals surface area contributed by atoms with E-state index in [4.69, 9.17) is 4.98 Å². The van der Waals surface area contributed by atoms with Crippen LogP contribution in [0.4, 0.5) is 5.13 Å². The van der Waals surface area contributed by atoms with Gasteiger partial charge in [0.25, 0.3) is 10.0 Å². The molecule has 35 heavy (non-hydrogen) atoms. The summed E-state index contributed by atoms with van der Waals surface area (Å²) in [6.07, 6.45) is 0.995. The second-order valence-corrected chi connectivity index (χ2v) is 13.0. The minimum absolute atomic E-state index is 0.0105. The number of fused-ring (bicyclic) bond motifs is 1. The number of sulfonamides is 1. The number of carbonyl (C=O) groups is 1. The van der Waals surface area contributed by atoms with Crippen LogP contribution in [0.3, 0.4) is 0 Å². The zero-order chi connectivity index (χ0) is 24.6. The fraction of sp³-hybridized carbons (Fsp3) is 0.308. The molecule has 1 aliphatic rings. The van der Waals surface area contributed by atoms with Crippen LogP contribution in [0, 0.1) is 19.8 Å². The maximum absolute atomic E-state index is 13.9. The lowest BCUT2D eigenvalue weighted by Crippen LogP contribution is -2.44. The van der Waals surface area contributed by atoms with Crippen molar-refractivity contribution in [2.24, 2.45) is 5.92 Å². The van der Waals surface area contributed by atoms with Crippen molar-refractivity contribution in [3.63, 3.8) is 0 Å². The quantitative estimate of drug-likeness (QED) is 0.328. The Balaban J connectivity index is 1.41. The Morgan fingerprint density at radius 1 is 1.03 bits per heavy atom. The van der Waals surface area contributed by atoms with E-state index in [0.29, 0.717) is 41.8 Å². The standard InChI is InChI=1S/C26H27N3O3S3/c1-18-10-11-19(2)24-23(18)27-26(34-24)29(17-20-7-4-3-5-8-20)25(30)21-12-14-28(15-13-21)35(31,32)22-9-6-16-33-22/h3-11,16,21H,12-15,17H2,1-2H3. The molecule has 6 nitrogen and oxygen atoms in total. The third-order valence-electron chi connectivity index (χ3n) is 6.50. The molecule has 182 valence electrons. The summed E-state index contributed by atoms with van der Waals surface area (Å²) in [4.78, 5) is 20.6. The minimum Gasteiger partial charge on any atom is -0.283 e. The predicted molar refractivity (Wildman–Crippen MR) is 143 cm³/mol. The molecule has 0 unspecified atom stereocenters. The summed E-state index contributed by atoms with van der Waals surface area (Å²) in [6, 6.07) is 17.5. The zero-order valence-corrected chi connectivity index (χ0v) is 22.1. The largest absolute Gasteiger partial charge is 0.283 e. The Hall–Kier alpha value is -2.59. The van der Waals surface area contributed by atoms with Gasteiger partial charge in [-0.1, -0.05) is 59.9 Å². The second-order valence-electron chi connectivity index (χ2n) is 8.89. The molecule has 5 rings (SSSR count). The van der Waals surface area contributed by atoms with Gasteiger partial charge < -0.3 is 0 Å². The van der Waals surface area contributed by atoms with Gasteiger partial charge in [-0.25, -0.2) is 13.4 Å². The van der Waals surface area contributed by atoms with E-state index in [1.165, 1.54) is 15.6 Å². The lowest BCUT2D eigenvalue weighted by atomic mass is 9.96. The highest BCUT2D eigenvalue weighted by molar-refractivity contribution is 7.91. The number of anilines is 1. The molecule has 3 heterocycles. The molecular weight excluding hydrogens is 499 g/mol. The third-order valence-corrected chi connectivity index (χ3v) is 11.0. The molecule has 9 heteroatoms. The van der Waals surface area contributed by atoms with Gasteiger partial charge in [0, 0.05) is 19.0 Å². The predicted octanol–water partition coefficient (Wildman–Crippen LogP) is 5.61. The number of nitrogens with zero attached hydrogens (tertiary/aromatic N) is 3. The van der Waals surface area contributed by atoms with Gasteiger partial charge in [0.1, 0.15) is 4.21 Å². The van der Waals surface area contributed by atoms with Crippen molar-refractivity contribution in [3.05, 3.63) is 76.7 Å². The van der Waals surface area contributed by atoms with Crippen LogP contribution in [0.1, 0.15) is 29.5 Å². The number of aryl methyl sites for hydroxylation is 2. The highest BCUT2D eigenvalue weighted by Gasteiger charge is 2.35. The van der Waals surface area contributed by atoms with Crippen LogP contribution < -0.4 is 4.90 Å². The van der Waals surface area contributed by atoms with Crippen LogP contribution >= 0.6 is 22.7 Å². The van der Waals surface area contributed by atoms with E-state index in [1.807, 2.05) is 37.3 Å². The fourth-order valence-electron chi connectivity index (χ4n) is 4.47. The number of aromatic nitrogens is 1. The van der Waals surface area contributed by atoms with E-state index < -0.39 is 10.0 Å². The van der Waals surface area contributed by atoms with Crippen LogP contribution in [0.5, 0.6) is 0 Å². The van der Waals surface area contributed by atoms with Crippen LogP contribution in [0.2, 0.25) is 0 Å². The number of hydrogen-bond donors (Lipinski definition) is 0. The number of thiazole rings is 1. The molecule has 1 aliphatic heterocycles. The van der Waals surface area contributed by atoms with Gasteiger partial charge in [0.15, 0.2) is 5.13 Å². The van der Waals surface area contributed by atoms with Crippen molar-refractivity contribution in [2.75, 3.05) is 18.0 Å². The molecule has 0 atom stereocenters. The van der Waals surface area contributed by atoms with Crippen molar-refractivity contribution >= 4 is 54.0 Å². The topological polar surface area (TPSA) is 70.6 Å². The molecule has 0 saturated carbocycles. The van der Waals surface area contributed by atoms with Gasteiger partial charge >= 0.3 is 0 Å².